The summed E-state index contributed by atoms with van der Waals surface area (Å²) in [5.41, 5.74) is 3.16. The number of sulfone groups is 1. The lowest BCUT2D eigenvalue weighted by Crippen LogP contribution is -2.32. The molecule has 4 rings (SSSR count). The van der Waals surface area contributed by atoms with Gasteiger partial charge in [-0.1, -0.05) is 17.7 Å². The van der Waals surface area contributed by atoms with Gasteiger partial charge in [-0.05, 0) is 36.4 Å². The first-order valence-corrected chi connectivity index (χ1v) is 13.8. The zero-order valence-electron chi connectivity index (χ0n) is 20.6. The molecular formula is C25H27ClN6O4S. The normalized spacial score (nSPS) is 11.4. The van der Waals surface area contributed by atoms with Crippen molar-refractivity contribution in [3.05, 3.63) is 66.1 Å². The third kappa shape index (κ3) is 6.89. The summed E-state index contributed by atoms with van der Waals surface area (Å²) in [6, 6.07) is 14.9. The molecule has 194 valence electrons. The fraction of sp³-hybridized carbons (Fsp3) is 0.240. The SMILES string of the molecule is CN(C)c1cccc(Oc2ccc(Nc3ncnc4ccn(CCNC(=O)CS(C)(=O)=O)c34)cc2Cl)c1. The summed E-state index contributed by atoms with van der Waals surface area (Å²) in [5.74, 6) is 0.661. The number of carbonyl (C=O) groups is 1. The van der Waals surface area contributed by atoms with Crippen molar-refractivity contribution in [2.24, 2.45) is 0 Å². The summed E-state index contributed by atoms with van der Waals surface area (Å²) in [5, 5.41) is 6.32. The Labute approximate surface area is 220 Å². The highest BCUT2D eigenvalue weighted by molar-refractivity contribution is 7.91. The van der Waals surface area contributed by atoms with Crippen LogP contribution in [0.25, 0.3) is 11.0 Å². The molecule has 0 spiro atoms. The van der Waals surface area contributed by atoms with Crippen LogP contribution in [0.4, 0.5) is 17.2 Å². The van der Waals surface area contributed by atoms with Crippen LogP contribution in [-0.2, 0) is 21.2 Å². The molecule has 0 unspecified atom stereocenters. The Morgan fingerprint density at radius 3 is 2.68 bits per heavy atom. The van der Waals surface area contributed by atoms with E-state index < -0.39 is 21.5 Å². The summed E-state index contributed by atoms with van der Waals surface area (Å²) < 4.78 is 30.5. The molecule has 0 fully saturated rings. The van der Waals surface area contributed by atoms with Gasteiger partial charge in [0, 0.05) is 57.1 Å². The van der Waals surface area contributed by atoms with Gasteiger partial charge in [0.2, 0.25) is 5.91 Å². The van der Waals surface area contributed by atoms with Gasteiger partial charge in [-0.15, -0.1) is 0 Å². The van der Waals surface area contributed by atoms with Crippen LogP contribution in [0, 0.1) is 0 Å². The first-order valence-electron chi connectivity index (χ1n) is 11.3. The summed E-state index contributed by atoms with van der Waals surface area (Å²) >= 11 is 6.52. The molecule has 0 atom stereocenters. The first-order chi connectivity index (χ1) is 17.6. The molecule has 0 saturated heterocycles. The maximum atomic E-state index is 11.8. The van der Waals surface area contributed by atoms with Crippen molar-refractivity contribution in [2.45, 2.75) is 6.54 Å². The Bertz CT molecular complexity index is 1540. The van der Waals surface area contributed by atoms with Crippen LogP contribution >= 0.6 is 11.6 Å². The van der Waals surface area contributed by atoms with E-state index in [1.807, 2.05) is 66.2 Å². The molecule has 37 heavy (non-hydrogen) atoms. The van der Waals surface area contributed by atoms with Gasteiger partial charge in [-0.25, -0.2) is 18.4 Å². The molecule has 0 saturated carbocycles. The van der Waals surface area contributed by atoms with Crippen LogP contribution in [0.3, 0.4) is 0 Å². The number of halogens is 1. The maximum Gasteiger partial charge on any atom is 0.235 e. The van der Waals surface area contributed by atoms with Crippen molar-refractivity contribution >= 4 is 55.6 Å². The average Bonchev–Trinajstić information content (AvgIpc) is 3.24. The zero-order valence-corrected chi connectivity index (χ0v) is 22.2. The predicted molar refractivity (Wildman–Crippen MR) is 146 cm³/mol. The number of amides is 1. The van der Waals surface area contributed by atoms with Gasteiger partial charge in [0.1, 0.15) is 29.1 Å². The molecule has 0 aliphatic carbocycles. The quantitative estimate of drug-likeness (QED) is 0.310. The number of carbonyl (C=O) groups excluding carboxylic acids is 1. The number of ether oxygens (including phenoxy) is 1. The molecular weight excluding hydrogens is 516 g/mol. The minimum atomic E-state index is -3.38. The van der Waals surface area contributed by atoms with Gasteiger partial charge < -0.3 is 24.8 Å². The maximum absolute atomic E-state index is 11.8. The molecule has 2 N–H and O–H groups in total. The standard InChI is InChI=1S/C25H27ClN6O4S/c1-31(2)18-5-4-6-19(14-18)36-22-8-7-17(13-20(22)26)30-25-24-21(28-16-29-25)9-11-32(24)12-10-27-23(33)15-37(3,34)35/h4-9,11,13-14,16H,10,12,15H2,1-3H3,(H,27,33)(H,28,29,30). The number of aromatic nitrogens is 3. The van der Waals surface area contributed by atoms with Crippen molar-refractivity contribution < 1.29 is 17.9 Å². The van der Waals surface area contributed by atoms with E-state index in [2.05, 4.69) is 20.6 Å². The molecule has 2 heterocycles. The minimum absolute atomic E-state index is 0.249. The number of anilines is 3. The van der Waals surface area contributed by atoms with E-state index in [1.54, 1.807) is 12.1 Å². The van der Waals surface area contributed by atoms with E-state index in [4.69, 9.17) is 16.3 Å². The third-order valence-electron chi connectivity index (χ3n) is 5.37. The van der Waals surface area contributed by atoms with Gasteiger partial charge in [-0.2, -0.15) is 0 Å². The highest BCUT2D eigenvalue weighted by Gasteiger charge is 2.13. The summed E-state index contributed by atoms with van der Waals surface area (Å²) in [7, 11) is 0.537. The van der Waals surface area contributed by atoms with E-state index >= 15 is 0 Å². The Morgan fingerprint density at radius 1 is 1.14 bits per heavy atom. The van der Waals surface area contributed by atoms with Gasteiger partial charge in [0.15, 0.2) is 15.7 Å². The van der Waals surface area contributed by atoms with Gasteiger partial charge in [0.05, 0.1) is 10.5 Å². The van der Waals surface area contributed by atoms with E-state index in [0.717, 1.165) is 17.5 Å². The Morgan fingerprint density at radius 2 is 1.95 bits per heavy atom. The Balaban J connectivity index is 1.48. The largest absolute Gasteiger partial charge is 0.456 e. The van der Waals surface area contributed by atoms with Crippen LogP contribution in [-0.4, -0.2) is 61.5 Å². The Hall–Kier alpha value is -3.83. The van der Waals surface area contributed by atoms with Crippen LogP contribution in [0.2, 0.25) is 5.02 Å². The van der Waals surface area contributed by atoms with Crippen LogP contribution in [0.1, 0.15) is 0 Å². The summed E-state index contributed by atoms with van der Waals surface area (Å²) in [4.78, 5) is 22.5. The monoisotopic (exact) mass is 542 g/mol. The van der Waals surface area contributed by atoms with Crippen LogP contribution in [0.5, 0.6) is 11.5 Å². The van der Waals surface area contributed by atoms with Crippen LogP contribution in [0.15, 0.2) is 61.1 Å². The number of hydrogen-bond acceptors (Lipinski definition) is 8. The second-order valence-corrected chi connectivity index (χ2v) is 11.2. The Kier molecular flexibility index (Phi) is 7.84. The molecule has 2 aromatic carbocycles. The second-order valence-electron chi connectivity index (χ2n) is 8.65. The molecule has 10 nitrogen and oxygen atoms in total. The van der Waals surface area contributed by atoms with Crippen molar-refractivity contribution in [3.8, 4) is 11.5 Å². The first kappa shape index (κ1) is 26.2. The zero-order chi connectivity index (χ0) is 26.6. The van der Waals surface area contributed by atoms with Gasteiger partial charge >= 0.3 is 0 Å². The lowest BCUT2D eigenvalue weighted by molar-refractivity contribution is -0.118. The molecule has 12 heteroatoms. The number of rotatable bonds is 10. The molecule has 0 aliphatic heterocycles. The molecule has 4 aromatic rings. The lowest BCUT2D eigenvalue weighted by Gasteiger charge is -2.15. The van der Waals surface area contributed by atoms with E-state index in [9.17, 15) is 13.2 Å². The highest BCUT2D eigenvalue weighted by atomic mass is 35.5. The predicted octanol–water partition coefficient (Wildman–Crippen LogP) is 3.85. The van der Waals surface area contributed by atoms with Gasteiger partial charge in [0.25, 0.3) is 0 Å². The second kappa shape index (κ2) is 11.1. The highest BCUT2D eigenvalue weighted by Crippen LogP contribution is 2.34. The molecule has 0 bridgehead atoms. The fourth-order valence-electron chi connectivity index (χ4n) is 3.67. The third-order valence-corrected chi connectivity index (χ3v) is 6.46. The van der Waals surface area contributed by atoms with Gasteiger partial charge in [-0.3, -0.25) is 4.79 Å². The topological polar surface area (TPSA) is 118 Å². The summed E-state index contributed by atoms with van der Waals surface area (Å²) in [6.45, 7) is 0.653. The van der Waals surface area contributed by atoms with Crippen molar-refractivity contribution in [3.63, 3.8) is 0 Å². The number of benzene rings is 2. The number of hydrogen-bond donors (Lipinski definition) is 2. The molecule has 0 aliphatic rings. The smallest absolute Gasteiger partial charge is 0.235 e. The molecule has 1 amide bonds. The van der Waals surface area contributed by atoms with Crippen molar-refractivity contribution in [1.82, 2.24) is 19.9 Å². The molecule has 2 aromatic heterocycles. The van der Waals surface area contributed by atoms with Crippen molar-refractivity contribution in [2.75, 3.05) is 42.9 Å². The van der Waals surface area contributed by atoms with Crippen LogP contribution < -0.4 is 20.3 Å². The number of fused-ring (bicyclic) bond motifs is 1. The molecule has 0 radical (unpaired) electrons. The number of nitrogens with zero attached hydrogens (tertiary/aromatic N) is 4. The van der Waals surface area contributed by atoms with E-state index in [1.165, 1.54) is 6.33 Å². The average molecular weight is 543 g/mol. The van der Waals surface area contributed by atoms with E-state index in [0.29, 0.717) is 40.1 Å². The van der Waals surface area contributed by atoms with Crippen molar-refractivity contribution in [1.29, 1.82) is 0 Å². The minimum Gasteiger partial charge on any atom is -0.456 e. The summed E-state index contributed by atoms with van der Waals surface area (Å²) in [6.07, 6.45) is 4.31. The fourth-order valence-corrected chi connectivity index (χ4v) is 4.46. The lowest BCUT2D eigenvalue weighted by atomic mass is 10.2. The van der Waals surface area contributed by atoms with E-state index in [-0.39, 0.29) is 6.54 Å². The number of nitrogens with one attached hydrogen (secondary N) is 2.